The molecular formula is C23H17ClN4O4. The molecule has 3 N–H and O–H groups in total. The highest BCUT2D eigenvalue weighted by atomic mass is 35.5. The number of phenolic OH excluding ortho intramolecular Hbond substituents is 1. The van der Waals surface area contributed by atoms with Gasteiger partial charge < -0.3 is 24.7 Å². The zero-order valence-electron chi connectivity index (χ0n) is 16.9. The summed E-state index contributed by atoms with van der Waals surface area (Å²) in [5.74, 6) is -0.853. The maximum Gasteiger partial charge on any atom is 0.354 e. The van der Waals surface area contributed by atoms with Crippen LogP contribution in [0.5, 0.6) is 5.75 Å². The lowest BCUT2D eigenvalue weighted by Crippen LogP contribution is -2.30. The molecule has 32 heavy (non-hydrogen) atoms. The fourth-order valence-corrected chi connectivity index (χ4v) is 4.60. The zero-order chi connectivity index (χ0) is 22.6. The molecule has 0 fully saturated rings. The Morgan fingerprint density at radius 3 is 2.78 bits per heavy atom. The number of anilines is 1. The van der Waals surface area contributed by atoms with Gasteiger partial charge in [-0.1, -0.05) is 0 Å². The van der Waals surface area contributed by atoms with E-state index in [4.69, 9.17) is 21.6 Å². The number of hydrogen-bond donors (Lipinski definition) is 3. The Morgan fingerprint density at radius 2 is 2.06 bits per heavy atom. The van der Waals surface area contributed by atoms with Crippen LogP contribution in [-0.2, 0) is 4.74 Å². The molecule has 2 aromatic heterocycles. The molecule has 0 aliphatic carbocycles. The molecule has 0 saturated carbocycles. The minimum Gasteiger partial charge on any atom is -0.506 e. The number of carbonyl (C=O) groups is 2. The van der Waals surface area contributed by atoms with Crippen molar-refractivity contribution in [2.45, 2.75) is 5.92 Å². The number of esters is 1. The fourth-order valence-electron chi connectivity index (χ4n) is 4.35. The molecule has 4 aromatic rings. The van der Waals surface area contributed by atoms with Gasteiger partial charge in [0.25, 0.3) is 5.91 Å². The lowest BCUT2D eigenvalue weighted by atomic mass is 9.98. The maximum absolute atomic E-state index is 13.4. The van der Waals surface area contributed by atoms with Crippen molar-refractivity contribution < 1.29 is 19.4 Å². The SMILES string of the molecule is COC(=O)c1cc2c3c(cc(O)c2[nH]1)N(C(=O)c1cc2cc(C#N)ccc2[nH]1)C[C@H]3CCl. The van der Waals surface area contributed by atoms with Crippen molar-refractivity contribution in [2.75, 3.05) is 24.4 Å². The van der Waals surface area contributed by atoms with Gasteiger partial charge in [-0.2, -0.15) is 5.26 Å². The molecule has 0 unspecified atom stereocenters. The van der Waals surface area contributed by atoms with E-state index in [9.17, 15) is 14.7 Å². The van der Waals surface area contributed by atoms with E-state index in [2.05, 4.69) is 16.0 Å². The second-order valence-corrected chi connectivity index (χ2v) is 7.96. The minimum absolute atomic E-state index is 0.0859. The lowest BCUT2D eigenvalue weighted by molar-refractivity contribution is 0.0595. The normalized spacial score (nSPS) is 15.2. The number of ether oxygens (including phenoxy) is 1. The van der Waals surface area contributed by atoms with E-state index < -0.39 is 5.97 Å². The van der Waals surface area contributed by atoms with Crippen LogP contribution in [0.15, 0.2) is 36.4 Å². The second-order valence-electron chi connectivity index (χ2n) is 7.66. The number of phenols is 1. The summed E-state index contributed by atoms with van der Waals surface area (Å²) in [6, 6.07) is 12.1. The van der Waals surface area contributed by atoms with Crippen molar-refractivity contribution in [2.24, 2.45) is 0 Å². The van der Waals surface area contributed by atoms with Gasteiger partial charge in [0.05, 0.1) is 29.9 Å². The predicted molar refractivity (Wildman–Crippen MR) is 119 cm³/mol. The van der Waals surface area contributed by atoms with Crippen LogP contribution in [-0.4, -0.2) is 46.5 Å². The Bertz CT molecular complexity index is 1460. The van der Waals surface area contributed by atoms with Gasteiger partial charge in [-0.25, -0.2) is 4.79 Å². The number of hydrogen-bond acceptors (Lipinski definition) is 5. The van der Waals surface area contributed by atoms with Crippen LogP contribution in [0, 0.1) is 11.3 Å². The number of H-pyrrole nitrogens is 2. The molecule has 1 atom stereocenters. The number of nitriles is 1. The Morgan fingerprint density at radius 1 is 1.25 bits per heavy atom. The standard InChI is InChI=1S/C23H17ClN4O4/c1-32-23(31)17-6-14-20-13(8-24)10-28(18(20)7-19(29)21(14)27-17)22(30)16-5-12-4-11(9-25)2-3-15(12)26-16/h2-7,13,26-27,29H,8,10H2,1H3/t13-/m1/s1. The average molecular weight is 449 g/mol. The number of aromatic hydroxyl groups is 1. The molecule has 0 radical (unpaired) electrons. The molecule has 160 valence electrons. The molecule has 1 aliphatic heterocycles. The molecule has 1 amide bonds. The molecule has 0 spiro atoms. The summed E-state index contributed by atoms with van der Waals surface area (Å²) in [5, 5.41) is 21.1. The number of aromatic amines is 2. The smallest absolute Gasteiger partial charge is 0.354 e. The van der Waals surface area contributed by atoms with Gasteiger partial charge in [0, 0.05) is 40.7 Å². The monoisotopic (exact) mass is 448 g/mol. The van der Waals surface area contributed by atoms with Gasteiger partial charge >= 0.3 is 5.97 Å². The van der Waals surface area contributed by atoms with Gasteiger partial charge in [-0.3, -0.25) is 4.79 Å². The summed E-state index contributed by atoms with van der Waals surface area (Å²) in [6.07, 6.45) is 0. The van der Waals surface area contributed by atoms with E-state index in [1.54, 1.807) is 35.2 Å². The summed E-state index contributed by atoms with van der Waals surface area (Å²) >= 11 is 6.25. The van der Waals surface area contributed by atoms with Gasteiger partial charge in [0.1, 0.15) is 17.1 Å². The van der Waals surface area contributed by atoms with Crippen LogP contribution >= 0.6 is 11.6 Å². The van der Waals surface area contributed by atoms with Crippen molar-refractivity contribution in [3.63, 3.8) is 0 Å². The van der Waals surface area contributed by atoms with E-state index in [1.807, 2.05) is 0 Å². The first-order valence-electron chi connectivity index (χ1n) is 9.82. The quantitative estimate of drug-likeness (QED) is 0.323. The summed E-state index contributed by atoms with van der Waals surface area (Å²) in [6.45, 7) is 0.327. The van der Waals surface area contributed by atoms with Crippen LogP contribution in [0.2, 0.25) is 0 Å². The second kappa shape index (κ2) is 7.32. The van der Waals surface area contributed by atoms with Crippen LogP contribution in [0.3, 0.4) is 0 Å². The molecule has 0 saturated heterocycles. The summed E-state index contributed by atoms with van der Waals surface area (Å²) < 4.78 is 4.77. The van der Waals surface area contributed by atoms with E-state index in [1.165, 1.54) is 13.2 Å². The van der Waals surface area contributed by atoms with Gasteiger partial charge in [-0.05, 0) is 35.9 Å². The number of nitrogens with zero attached hydrogens (tertiary/aromatic N) is 2. The molecule has 9 heteroatoms. The number of rotatable bonds is 3. The number of alkyl halides is 1. The Balaban J connectivity index is 1.62. The number of aromatic nitrogens is 2. The number of fused-ring (bicyclic) bond motifs is 4. The number of amides is 1. The number of benzene rings is 2. The number of methoxy groups -OCH3 is 1. The predicted octanol–water partition coefficient (Wildman–Crippen LogP) is 4.00. The molecule has 3 heterocycles. The molecule has 2 aromatic carbocycles. The van der Waals surface area contributed by atoms with Crippen LogP contribution in [0.1, 0.15) is 38.0 Å². The van der Waals surface area contributed by atoms with E-state index in [0.717, 1.165) is 16.5 Å². The van der Waals surface area contributed by atoms with Gasteiger partial charge in [0.15, 0.2) is 0 Å². The average Bonchev–Trinajstić information content (AvgIpc) is 3.52. The highest BCUT2D eigenvalue weighted by molar-refractivity contribution is 6.19. The van der Waals surface area contributed by atoms with E-state index in [0.29, 0.717) is 34.4 Å². The molecule has 1 aliphatic rings. The van der Waals surface area contributed by atoms with E-state index in [-0.39, 0.29) is 29.1 Å². The lowest BCUT2D eigenvalue weighted by Gasteiger charge is -2.17. The van der Waals surface area contributed by atoms with Crippen molar-refractivity contribution in [3.05, 3.63) is 58.9 Å². The topological polar surface area (TPSA) is 122 Å². The van der Waals surface area contributed by atoms with E-state index >= 15 is 0 Å². The third-order valence-corrected chi connectivity index (χ3v) is 6.20. The number of nitrogens with one attached hydrogen (secondary N) is 2. The van der Waals surface area contributed by atoms with Crippen molar-refractivity contribution >= 4 is 51.0 Å². The first kappa shape index (κ1) is 20.0. The summed E-state index contributed by atoms with van der Waals surface area (Å²) in [5.41, 5.74) is 3.53. The zero-order valence-corrected chi connectivity index (χ0v) is 17.7. The third-order valence-electron chi connectivity index (χ3n) is 5.83. The highest BCUT2D eigenvalue weighted by Crippen LogP contribution is 2.46. The van der Waals surface area contributed by atoms with Crippen LogP contribution < -0.4 is 4.90 Å². The van der Waals surface area contributed by atoms with Crippen molar-refractivity contribution in [1.29, 1.82) is 5.26 Å². The van der Waals surface area contributed by atoms with Crippen molar-refractivity contribution in [1.82, 2.24) is 9.97 Å². The minimum atomic E-state index is -0.558. The number of carbonyl (C=O) groups excluding carboxylic acids is 2. The fraction of sp³-hybridized carbons (Fsp3) is 0.174. The highest BCUT2D eigenvalue weighted by Gasteiger charge is 2.36. The molecule has 8 nitrogen and oxygen atoms in total. The third kappa shape index (κ3) is 2.90. The van der Waals surface area contributed by atoms with Crippen molar-refractivity contribution in [3.8, 4) is 11.8 Å². The number of halogens is 1. The maximum atomic E-state index is 13.4. The van der Waals surface area contributed by atoms with Gasteiger partial charge in [-0.15, -0.1) is 11.6 Å². The molecule has 0 bridgehead atoms. The molecule has 5 rings (SSSR count). The Hall–Kier alpha value is -3.96. The van der Waals surface area contributed by atoms with Crippen LogP contribution in [0.4, 0.5) is 5.69 Å². The first-order chi connectivity index (χ1) is 15.4. The largest absolute Gasteiger partial charge is 0.506 e. The Labute approximate surface area is 187 Å². The van der Waals surface area contributed by atoms with Gasteiger partial charge in [0.2, 0.25) is 0 Å². The van der Waals surface area contributed by atoms with Crippen LogP contribution in [0.25, 0.3) is 21.8 Å². The summed E-state index contributed by atoms with van der Waals surface area (Å²) in [4.78, 5) is 33.0. The summed E-state index contributed by atoms with van der Waals surface area (Å²) in [7, 11) is 1.28. The Kier molecular flexibility index (Phi) is 4.57. The first-order valence-corrected chi connectivity index (χ1v) is 10.4. The molecular weight excluding hydrogens is 432 g/mol.